The molecule has 0 spiro atoms. The number of fused-ring (bicyclic) bond motifs is 3. The van der Waals surface area contributed by atoms with Crippen molar-refractivity contribution in [2.24, 2.45) is 29.6 Å². The van der Waals surface area contributed by atoms with Crippen LogP contribution in [0.3, 0.4) is 0 Å². The van der Waals surface area contributed by atoms with Gasteiger partial charge in [-0.15, -0.1) is 0 Å². The highest BCUT2D eigenvalue weighted by Gasteiger charge is 2.49. The van der Waals surface area contributed by atoms with Gasteiger partial charge in [0.2, 0.25) is 0 Å². The van der Waals surface area contributed by atoms with Gasteiger partial charge in [-0.25, -0.2) is 0 Å². The van der Waals surface area contributed by atoms with Crippen LogP contribution in [-0.4, -0.2) is 11.2 Å². The zero-order chi connectivity index (χ0) is 11.4. The molecule has 3 rings (SSSR count). The molecule has 1 heteroatoms. The molecule has 88 valence electrons. The van der Waals surface area contributed by atoms with E-state index in [9.17, 15) is 5.11 Å². The summed E-state index contributed by atoms with van der Waals surface area (Å²) in [6.07, 6.45) is 5.69. The average Bonchev–Trinajstić information content (AvgIpc) is 2.59. The number of allylic oxidation sites excluding steroid dienone is 2. The van der Waals surface area contributed by atoms with Crippen LogP contribution >= 0.6 is 0 Å². The Labute approximate surface area is 98.2 Å². The second-order valence-electron chi connectivity index (χ2n) is 6.16. The monoisotopic (exact) mass is 218 g/mol. The molecule has 0 aromatic rings. The van der Waals surface area contributed by atoms with Crippen LogP contribution in [0.25, 0.3) is 0 Å². The van der Waals surface area contributed by atoms with E-state index in [2.05, 4.69) is 26.5 Å². The van der Waals surface area contributed by atoms with Crippen molar-refractivity contribution in [3.63, 3.8) is 0 Å². The van der Waals surface area contributed by atoms with Crippen molar-refractivity contribution in [1.82, 2.24) is 0 Å². The van der Waals surface area contributed by atoms with Crippen LogP contribution in [0.4, 0.5) is 0 Å². The van der Waals surface area contributed by atoms with Gasteiger partial charge in [-0.2, -0.15) is 0 Å². The van der Waals surface area contributed by atoms with E-state index in [0.29, 0.717) is 11.8 Å². The summed E-state index contributed by atoms with van der Waals surface area (Å²) in [5.41, 5.74) is 2.63. The van der Waals surface area contributed by atoms with Gasteiger partial charge in [-0.3, -0.25) is 0 Å². The topological polar surface area (TPSA) is 20.2 Å². The van der Waals surface area contributed by atoms with Crippen molar-refractivity contribution in [1.29, 1.82) is 0 Å². The van der Waals surface area contributed by atoms with Crippen LogP contribution in [0.5, 0.6) is 0 Å². The first-order valence-corrected chi connectivity index (χ1v) is 6.64. The average molecular weight is 218 g/mol. The summed E-state index contributed by atoms with van der Waals surface area (Å²) >= 11 is 0. The van der Waals surface area contributed by atoms with Gasteiger partial charge in [-0.1, -0.05) is 25.2 Å². The van der Waals surface area contributed by atoms with Crippen LogP contribution in [0.1, 0.15) is 33.1 Å². The summed E-state index contributed by atoms with van der Waals surface area (Å²) in [6, 6.07) is 0. The molecule has 2 unspecified atom stereocenters. The van der Waals surface area contributed by atoms with Crippen molar-refractivity contribution in [2.75, 3.05) is 0 Å². The molecule has 0 heterocycles. The number of hydrogen-bond donors (Lipinski definition) is 1. The number of aliphatic hydroxyl groups excluding tert-OH is 1. The summed E-state index contributed by atoms with van der Waals surface area (Å²) in [5.74, 6) is 3.53. The number of aliphatic hydroxyl groups is 1. The highest BCUT2D eigenvalue weighted by molar-refractivity contribution is 5.28. The van der Waals surface area contributed by atoms with Gasteiger partial charge in [-0.05, 0) is 61.3 Å². The number of hydrogen-bond acceptors (Lipinski definition) is 1. The normalized spacial score (nSPS) is 51.2. The predicted octanol–water partition coefficient (Wildman–Crippen LogP) is 3.16. The zero-order valence-corrected chi connectivity index (χ0v) is 10.3. The van der Waals surface area contributed by atoms with Gasteiger partial charge < -0.3 is 5.11 Å². The Hall–Kier alpha value is -0.560. The molecule has 6 atom stereocenters. The van der Waals surface area contributed by atoms with E-state index >= 15 is 0 Å². The summed E-state index contributed by atoms with van der Waals surface area (Å²) in [6.45, 7) is 8.78. The Bertz CT molecular complexity index is 354. The second kappa shape index (κ2) is 3.46. The molecule has 0 aromatic carbocycles. The molecule has 3 aliphatic rings. The third-order valence-electron chi connectivity index (χ3n) is 5.39. The Morgan fingerprint density at radius 2 is 2.06 bits per heavy atom. The maximum atomic E-state index is 10.2. The summed E-state index contributed by atoms with van der Waals surface area (Å²) in [4.78, 5) is 0. The van der Waals surface area contributed by atoms with Gasteiger partial charge >= 0.3 is 0 Å². The molecule has 2 fully saturated rings. The zero-order valence-electron chi connectivity index (χ0n) is 10.3. The van der Waals surface area contributed by atoms with E-state index in [0.717, 1.165) is 29.7 Å². The van der Waals surface area contributed by atoms with Gasteiger partial charge in [0.15, 0.2) is 0 Å². The summed E-state index contributed by atoms with van der Waals surface area (Å²) in [7, 11) is 0. The van der Waals surface area contributed by atoms with Crippen molar-refractivity contribution in [3.8, 4) is 0 Å². The third kappa shape index (κ3) is 1.27. The first kappa shape index (κ1) is 10.6. The first-order valence-electron chi connectivity index (χ1n) is 6.64. The lowest BCUT2D eigenvalue weighted by atomic mass is 9.64. The highest BCUT2D eigenvalue weighted by atomic mass is 16.3. The Kier molecular flexibility index (Phi) is 2.29. The van der Waals surface area contributed by atoms with E-state index in [1.807, 2.05) is 0 Å². The van der Waals surface area contributed by atoms with Crippen molar-refractivity contribution in [3.05, 3.63) is 23.8 Å². The molecule has 0 radical (unpaired) electrons. The largest absolute Gasteiger partial charge is 0.389 e. The minimum Gasteiger partial charge on any atom is -0.389 e. The fourth-order valence-electron chi connectivity index (χ4n) is 4.39. The van der Waals surface area contributed by atoms with E-state index in [-0.39, 0.29) is 6.10 Å². The number of rotatable bonds is 0. The Morgan fingerprint density at radius 3 is 2.75 bits per heavy atom. The van der Waals surface area contributed by atoms with Crippen LogP contribution in [0, 0.1) is 29.6 Å². The molecule has 16 heavy (non-hydrogen) atoms. The molecule has 3 aliphatic carbocycles. The molecule has 0 amide bonds. The fourth-order valence-corrected chi connectivity index (χ4v) is 4.39. The van der Waals surface area contributed by atoms with E-state index in [4.69, 9.17) is 0 Å². The van der Waals surface area contributed by atoms with Crippen LogP contribution in [0.15, 0.2) is 23.8 Å². The Morgan fingerprint density at radius 1 is 1.31 bits per heavy atom. The molecule has 0 aromatic heterocycles. The summed E-state index contributed by atoms with van der Waals surface area (Å²) < 4.78 is 0. The molecule has 2 saturated carbocycles. The molecule has 0 aliphatic heterocycles. The highest BCUT2D eigenvalue weighted by Crippen LogP contribution is 2.56. The maximum Gasteiger partial charge on any atom is 0.0756 e. The maximum absolute atomic E-state index is 10.2. The molecule has 1 nitrogen and oxygen atoms in total. The van der Waals surface area contributed by atoms with Crippen molar-refractivity contribution >= 4 is 0 Å². The molecule has 1 N–H and O–H groups in total. The molecular weight excluding hydrogens is 196 g/mol. The fraction of sp³-hybridized carbons (Fsp3) is 0.733. The molecular formula is C15H22O. The minimum atomic E-state index is -0.253. The van der Waals surface area contributed by atoms with Crippen molar-refractivity contribution < 1.29 is 5.11 Å². The lowest BCUT2D eigenvalue weighted by Crippen LogP contribution is -2.33. The minimum absolute atomic E-state index is 0.253. The Balaban J connectivity index is 1.97. The standard InChI is InChI=1S/C15H22O/c1-8-4-5-11-10(3)14(16)7-12-9(2)6-13(12)15(8)11/h6,8,11-16H,3-5,7H2,1-2H3/t8-,11-,12?,13?,14+,15-/m0/s1. The van der Waals surface area contributed by atoms with E-state index in [1.54, 1.807) is 0 Å². The lowest BCUT2D eigenvalue weighted by Gasteiger charge is -2.40. The summed E-state index contributed by atoms with van der Waals surface area (Å²) in [5, 5.41) is 10.2. The van der Waals surface area contributed by atoms with Gasteiger partial charge in [0.05, 0.1) is 6.10 Å². The third-order valence-corrected chi connectivity index (χ3v) is 5.39. The quantitative estimate of drug-likeness (QED) is 0.619. The second-order valence-corrected chi connectivity index (χ2v) is 6.16. The van der Waals surface area contributed by atoms with Gasteiger partial charge in [0.1, 0.15) is 0 Å². The van der Waals surface area contributed by atoms with Crippen LogP contribution < -0.4 is 0 Å². The van der Waals surface area contributed by atoms with Crippen LogP contribution in [0.2, 0.25) is 0 Å². The SMILES string of the molecule is C=C1[C@H](O)CC2C(C)=CC2[C@H]2[C@@H](C)CC[C@@H]12. The molecule has 0 saturated heterocycles. The van der Waals surface area contributed by atoms with Crippen molar-refractivity contribution in [2.45, 2.75) is 39.2 Å². The molecule has 0 bridgehead atoms. The van der Waals surface area contributed by atoms with Gasteiger partial charge in [0, 0.05) is 0 Å². The van der Waals surface area contributed by atoms with E-state index in [1.165, 1.54) is 18.4 Å². The first-order chi connectivity index (χ1) is 7.59. The lowest BCUT2D eigenvalue weighted by molar-refractivity contribution is 0.164. The van der Waals surface area contributed by atoms with Crippen LogP contribution in [-0.2, 0) is 0 Å². The van der Waals surface area contributed by atoms with Gasteiger partial charge in [0.25, 0.3) is 0 Å². The predicted molar refractivity (Wildman–Crippen MR) is 65.9 cm³/mol. The smallest absolute Gasteiger partial charge is 0.0756 e. The van der Waals surface area contributed by atoms with E-state index < -0.39 is 0 Å².